The molecule has 4 heterocycles. The van der Waals surface area contributed by atoms with Crippen LogP contribution in [0.2, 0.25) is 0 Å². The number of amides is 1. The van der Waals surface area contributed by atoms with Gasteiger partial charge in [0.2, 0.25) is 0 Å². The second kappa shape index (κ2) is 5.38. The molecule has 5 heteroatoms. The Morgan fingerprint density at radius 2 is 2.45 bits per heavy atom. The molecule has 0 aliphatic carbocycles. The van der Waals surface area contributed by atoms with Crippen LogP contribution < -0.4 is 5.32 Å². The third-order valence-corrected chi connectivity index (χ3v) is 5.50. The van der Waals surface area contributed by atoms with E-state index in [0.29, 0.717) is 5.69 Å². The Bertz CT molecular complexity index is 801. The van der Waals surface area contributed by atoms with Gasteiger partial charge in [0, 0.05) is 35.6 Å². The molecule has 2 aromatic rings. The van der Waals surface area contributed by atoms with Crippen molar-refractivity contribution in [2.45, 2.75) is 25.9 Å². The van der Waals surface area contributed by atoms with E-state index < -0.39 is 0 Å². The number of pyridine rings is 1. The van der Waals surface area contributed by atoms with Gasteiger partial charge in [0.1, 0.15) is 5.69 Å². The number of fused-ring (bicyclic) bond motifs is 3. The normalized spacial score (nSPS) is 26.0. The summed E-state index contributed by atoms with van der Waals surface area (Å²) in [6.45, 7) is 4.04. The number of aromatic nitrogens is 1. The Kier molecular flexibility index (Phi) is 3.36. The molecule has 0 spiro atoms. The van der Waals surface area contributed by atoms with Gasteiger partial charge < -0.3 is 5.32 Å². The van der Waals surface area contributed by atoms with Gasteiger partial charge in [0.05, 0.1) is 10.9 Å². The summed E-state index contributed by atoms with van der Waals surface area (Å²) in [5.74, 6) is 6.67. The van der Waals surface area contributed by atoms with Gasteiger partial charge in [0.25, 0.3) is 5.91 Å². The van der Waals surface area contributed by atoms with Crippen LogP contribution in [0.5, 0.6) is 0 Å². The second-order valence-electron chi connectivity index (χ2n) is 5.96. The van der Waals surface area contributed by atoms with Gasteiger partial charge in [-0.2, -0.15) is 0 Å². The number of carbonyl (C=O) groups excluding carboxylic acids is 1. The summed E-state index contributed by atoms with van der Waals surface area (Å²) in [5.41, 5.74) is 1.46. The molecule has 2 saturated heterocycles. The maximum atomic E-state index is 12.5. The molecule has 4 nitrogen and oxygen atoms in total. The maximum Gasteiger partial charge on any atom is 0.271 e. The molecule has 2 bridgehead atoms. The minimum Gasteiger partial charge on any atom is -0.335 e. The number of thiophene rings is 1. The number of nitrogens with zero attached hydrogens (tertiary/aromatic N) is 2. The third kappa shape index (κ3) is 2.29. The summed E-state index contributed by atoms with van der Waals surface area (Å²) in [6.07, 6.45) is 4.29. The smallest absolute Gasteiger partial charge is 0.271 e. The Morgan fingerprint density at radius 1 is 1.55 bits per heavy atom. The van der Waals surface area contributed by atoms with Gasteiger partial charge in [-0.25, -0.2) is 4.98 Å². The topological polar surface area (TPSA) is 45.2 Å². The van der Waals surface area contributed by atoms with Crippen LogP contribution in [0.3, 0.4) is 0 Å². The molecule has 22 heavy (non-hydrogen) atoms. The molecule has 2 fully saturated rings. The average Bonchev–Trinajstić information content (AvgIpc) is 3.23. The van der Waals surface area contributed by atoms with Crippen LogP contribution in [-0.4, -0.2) is 35.0 Å². The van der Waals surface area contributed by atoms with Crippen LogP contribution >= 0.6 is 11.3 Å². The molecule has 3 unspecified atom stereocenters. The Balaban J connectivity index is 1.58. The van der Waals surface area contributed by atoms with Crippen LogP contribution in [0, 0.1) is 17.8 Å². The predicted molar refractivity (Wildman–Crippen MR) is 87.7 cm³/mol. The number of hydrogen-bond donors (Lipinski definition) is 1. The predicted octanol–water partition coefficient (Wildman–Crippen LogP) is 2.45. The Labute approximate surface area is 133 Å². The van der Waals surface area contributed by atoms with E-state index in [9.17, 15) is 4.79 Å². The van der Waals surface area contributed by atoms with Crippen molar-refractivity contribution < 1.29 is 4.79 Å². The quantitative estimate of drug-likeness (QED) is 0.867. The van der Waals surface area contributed by atoms with Crippen molar-refractivity contribution in [2.24, 2.45) is 5.92 Å². The molecule has 1 N–H and O–H groups in total. The molecular weight excluding hydrogens is 294 g/mol. The summed E-state index contributed by atoms with van der Waals surface area (Å²) in [4.78, 5) is 19.2. The summed E-state index contributed by atoms with van der Waals surface area (Å²) in [7, 11) is 0. The molecule has 2 aliphatic rings. The van der Waals surface area contributed by atoms with Crippen molar-refractivity contribution in [1.82, 2.24) is 15.2 Å². The SMILES string of the molecule is CC#Cc1csc2cnc(C(=O)NC3CC4CCN3C4)cc12. The van der Waals surface area contributed by atoms with Crippen molar-refractivity contribution >= 4 is 27.3 Å². The van der Waals surface area contributed by atoms with Gasteiger partial charge >= 0.3 is 0 Å². The molecular formula is C17H17N3OS. The van der Waals surface area contributed by atoms with E-state index in [-0.39, 0.29) is 12.1 Å². The highest BCUT2D eigenvalue weighted by atomic mass is 32.1. The maximum absolute atomic E-state index is 12.5. The van der Waals surface area contributed by atoms with Gasteiger partial charge in [-0.1, -0.05) is 5.92 Å². The fourth-order valence-electron chi connectivity index (χ4n) is 3.47. The minimum absolute atomic E-state index is 0.0824. The first-order chi connectivity index (χ1) is 10.7. The van der Waals surface area contributed by atoms with Crippen LogP contribution in [0.15, 0.2) is 17.6 Å². The summed E-state index contributed by atoms with van der Waals surface area (Å²) < 4.78 is 1.07. The molecule has 0 saturated carbocycles. The van der Waals surface area contributed by atoms with E-state index in [1.807, 2.05) is 18.4 Å². The van der Waals surface area contributed by atoms with E-state index in [1.54, 1.807) is 17.5 Å². The molecule has 0 aromatic carbocycles. The molecule has 4 rings (SSSR count). The highest BCUT2D eigenvalue weighted by Gasteiger charge is 2.38. The van der Waals surface area contributed by atoms with Crippen LogP contribution in [0.1, 0.15) is 35.8 Å². The number of hydrogen-bond acceptors (Lipinski definition) is 4. The number of carbonyl (C=O) groups is 1. The van der Waals surface area contributed by atoms with Gasteiger partial charge in [-0.15, -0.1) is 17.3 Å². The minimum atomic E-state index is -0.0824. The fraction of sp³-hybridized carbons (Fsp3) is 0.412. The lowest BCUT2D eigenvalue weighted by atomic mass is 10.0. The zero-order chi connectivity index (χ0) is 15.1. The lowest BCUT2D eigenvalue weighted by Crippen LogP contribution is -2.45. The van der Waals surface area contributed by atoms with Crippen LogP contribution in [0.4, 0.5) is 0 Å². The molecule has 2 aliphatic heterocycles. The molecule has 112 valence electrons. The van der Waals surface area contributed by atoms with E-state index in [0.717, 1.165) is 41.1 Å². The van der Waals surface area contributed by atoms with E-state index >= 15 is 0 Å². The number of rotatable bonds is 2. The summed E-state index contributed by atoms with van der Waals surface area (Å²) >= 11 is 1.61. The lowest BCUT2D eigenvalue weighted by molar-refractivity contribution is 0.0878. The van der Waals surface area contributed by atoms with Gasteiger partial charge in [-0.05, 0) is 31.7 Å². The van der Waals surface area contributed by atoms with Crippen molar-refractivity contribution in [3.05, 3.63) is 28.9 Å². The fourth-order valence-corrected chi connectivity index (χ4v) is 4.31. The first-order valence-electron chi connectivity index (χ1n) is 7.59. The van der Waals surface area contributed by atoms with E-state index in [4.69, 9.17) is 0 Å². The van der Waals surface area contributed by atoms with Crippen molar-refractivity contribution in [3.8, 4) is 11.8 Å². The average molecular weight is 311 g/mol. The Hall–Kier alpha value is -1.90. The van der Waals surface area contributed by atoms with E-state index in [1.165, 1.54) is 6.42 Å². The highest BCUT2D eigenvalue weighted by Crippen LogP contribution is 2.31. The van der Waals surface area contributed by atoms with Gasteiger partial charge in [-0.3, -0.25) is 9.69 Å². The number of piperidine rings is 1. The largest absolute Gasteiger partial charge is 0.335 e. The monoisotopic (exact) mass is 311 g/mol. The zero-order valence-corrected chi connectivity index (χ0v) is 13.2. The first-order valence-corrected chi connectivity index (χ1v) is 8.47. The molecule has 1 amide bonds. The molecule has 2 aromatic heterocycles. The summed E-state index contributed by atoms with van der Waals surface area (Å²) in [5, 5.41) is 6.17. The lowest BCUT2D eigenvalue weighted by Gasteiger charge is -2.25. The van der Waals surface area contributed by atoms with Crippen molar-refractivity contribution in [1.29, 1.82) is 0 Å². The summed E-state index contributed by atoms with van der Waals surface area (Å²) in [6, 6.07) is 1.86. The number of nitrogens with one attached hydrogen (secondary N) is 1. The standard InChI is InChI=1S/C17H17N3OS/c1-2-3-12-10-22-15-8-18-14(7-13(12)15)17(21)19-16-6-11-4-5-20(16)9-11/h7-8,10-11,16H,4-6,9H2,1H3,(H,19,21). The molecule has 3 atom stereocenters. The molecule has 0 radical (unpaired) electrons. The second-order valence-corrected chi connectivity index (χ2v) is 6.88. The zero-order valence-electron chi connectivity index (χ0n) is 12.4. The van der Waals surface area contributed by atoms with E-state index in [2.05, 4.69) is 27.0 Å². The van der Waals surface area contributed by atoms with Crippen LogP contribution in [0.25, 0.3) is 10.1 Å². The van der Waals surface area contributed by atoms with Crippen molar-refractivity contribution in [2.75, 3.05) is 13.1 Å². The van der Waals surface area contributed by atoms with Crippen molar-refractivity contribution in [3.63, 3.8) is 0 Å². The highest BCUT2D eigenvalue weighted by molar-refractivity contribution is 7.17. The Morgan fingerprint density at radius 3 is 3.18 bits per heavy atom. The van der Waals surface area contributed by atoms with Crippen LogP contribution in [-0.2, 0) is 0 Å². The third-order valence-electron chi connectivity index (χ3n) is 4.57. The first kappa shape index (κ1) is 13.7. The van der Waals surface area contributed by atoms with Gasteiger partial charge in [0.15, 0.2) is 0 Å².